The maximum absolute atomic E-state index is 11.5. The van der Waals surface area contributed by atoms with E-state index < -0.39 is 0 Å². The van der Waals surface area contributed by atoms with Gasteiger partial charge >= 0.3 is 0 Å². The Kier molecular flexibility index (Phi) is 3.05. The zero-order valence-electron chi connectivity index (χ0n) is 9.27. The van der Waals surface area contributed by atoms with Crippen LogP contribution in [0.4, 0.5) is 5.69 Å². The molecule has 1 aromatic carbocycles. The van der Waals surface area contributed by atoms with Crippen molar-refractivity contribution < 1.29 is 14.3 Å². The predicted octanol–water partition coefficient (Wildman–Crippen LogP) is 1.70. The van der Waals surface area contributed by atoms with E-state index in [2.05, 4.69) is 5.32 Å². The summed E-state index contributed by atoms with van der Waals surface area (Å²) in [7, 11) is 1.58. The second-order valence-corrected chi connectivity index (χ2v) is 3.51. The topological polar surface area (TPSA) is 55.4 Å². The molecule has 0 aliphatic heterocycles. The third-order valence-electron chi connectivity index (χ3n) is 2.32. The SMILES string of the molecule is COc1ccc(NC2=CC(=O)C=CC2=O)cc1. The molecule has 0 saturated heterocycles. The number of rotatable bonds is 3. The molecule has 0 aromatic heterocycles. The van der Waals surface area contributed by atoms with Gasteiger partial charge in [0.15, 0.2) is 5.78 Å². The highest BCUT2D eigenvalue weighted by Gasteiger charge is 2.12. The molecule has 17 heavy (non-hydrogen) atoms. The average Bonchev–Trinajstić information content (AvgIpc) is 2.35. The molecule has 2 rings (SSSR count). The highest BCUT2D eigenvalue weighted by Crippen LogP contribution is 2.17. The van der Waals surface area contributed by atoms with Gasteiger partial charge in [-0.2, -0.15) is 0 Å². The third kappa shape index (κ3) is 2.60. The van der Waals surface area contributed by atoms with Crippen molar-refractivity contribution in [1.29, 1.82) is 0 Å². The van der Waals surface area contributed by atoms with Crippen LogP contribution in [0, 0.1) is 0 Å². The summed E-state index contributed by atoms with van der Waals surface area (Å²) in [6.45, 7) is 0. The lowest BCUT2D eigenvalue weighted by Gasteiger charge is -2.10. The minimum absolute atomic E-state index is 0.194. The summed E-state index contributed by atoms with van der Waals surface area (Å²) in [6.07, 6.45) is 3.79. The fourth-order valence-electron chi connectivity index (χ4n) is 1.44. The number of hydrogen-bond donors (Lipinski definition) is 1. The van der Waals surface area contributed by atoms with Crippen LogP contribution in [0.5, 0.6) is 5.75 Å². The Morgan fingerprint density at radius 2 is 1.76 bits per heavy atom. The largest absolute Gasteiger partial charge is 0.497 e. The summed E-state index contributed by atoms with van der Waals surface area (Å²) in [5, 5.41) is 2.90. The van der Waals surface area contributed by atoms with Crippen LogP contribution in [0.3, 0.4) is 0 Å². The van der Waals surface area contributed by atoms with E-state index in [0.29, 0.717) is 0 Å². The maximum atomic E-state index is 11.5. The van der Waals surface area contributed by atoms with Gasteiger partial charge in [0.25, 0.3) is 0 Å². The first-order chi connectivity index (χ1) is 8.19. The van der Waals surface area contributed by atoms with Crippen LogP contribution < -0.4 is 10.1 Å². The summed E-state index contributed by atoms with van der Waals surface area (Å²) in [5.74, 6) is 0.330. The number of ether oxygens (including phenoxy) is 1. The molecular formula is C13H11NO3. The lowest BCUT2D eigenvalue weighted by atomic mass is 10.1. The van der Waals surface area contributed by atoms with Crippen LogP contribution >= 0.6 is 0 Å². The Balaban J connectivity index is 2.15. The summed E-state index contributed by atoms with van der Waals surface area (Å²) >= 11 is 0. The molecule has 0 bridgehead atoms. The highest BCUT2D eigenvalue weighted by molar-refractivity contribution is 6.18. The van der Waals surface area contributed by atoms with E-state index in [1.165, 1.54) is 18.2 Å². The van der Waals surface area contributed by atoms with Crippen molar-refractivity contribution in [3.63, 3.8) is 0 Å². The maximum Gasteiger partial charge on any atom is 0.202 e. The number of carbonyl (C=O) groups is 2. The first kappa shape index (κ1) is 11.1. The van der Waals surface area contributed by atoms with Crippen molar-refractivity contribution in [2.24, 2.45) is 0 Å². The van der Waals surface area contributed by atoms with Crippen molar-refractivity contribution in [2.75, 3.05) is 12.4 Å². The van der Waals surface area contributed by atoms with Gasteiger partial charge in [0.2, 0.25) is 5.78 Å². The Morgan fingerprint density at radius 1 is 1.06 bits per heavy atom. The number of methoxy groups -OCH3 is 1. The summed E-state index contributed by atoms with van der Waals surface area (Å²) in [4.78, 5) is 22.6. The number of allylic oxidation sites excluding steroid dienone is 3. The highest BCUT2D eigenvalue weighted by atomic mass is 16.5. The van der Waals surface area contributed by atoms with Gasteiger partial charge in [-0.3, -0.25) is 9.59 Å². The zero-order valence-corrected chi connectivity index (χ0v) is 9.27. The lowest BCUT2D eigenvalue weighted by Crippen LogP contribution is -2.14. The van der Waals surface area contributed by atoms with Crippen molar-refractivity contribution in [3.8, 4) is 5.75 Å². The average molecular weight is 229 g/mol. The lowest BCUT2D eigenvalue weighted by molar-refractivity contribution is -0.114. The van der Waals surface area contributed by atoms with Gasteiger partial charge in [0.05, 0.1) is 12.8 Å². The first-order valence-electron chi connectivity index (χ1n) is 5.08. The van der Waals surface area contributed by atoms with Gasteiger partial charge in [-0.15, -0.1) is 0 Å². The standard InChI is InChI=1S/C13H11NO3/c1-17-11-5-2-9(3-6-11)14-12-8-10(15)4-7-13(12)16/h2-8,14H,1H3. The minimum atomic E-state index is -0.208. The number of ketones is 2. The number of anilines is 1. The van der Waals surface area contributed by atoms with E-state index in [-0.39, 0.29) is 17.3 Å². The Bertz CT molecular complexity index is 512. The van der Waals surface area contributed by atoms with Gasteiger partial charge in [0.1, 0.15) is 5.75 Å². The molecule has 0 spiro atoms. The molecule has 1 N–H and O–H groups in total. The van der Waals surface area contributed by atoms with Gasteiger partial charge in [-0.25, -0.2) is 0 Å². The molecule has 0 fully saturated rings. The minimum Gasteiger partial charge on any atom is -0.497 e. The number of nitrogens with one attached hydrogen (secondary N) is 1. The van der Waals surface area contributed by atoms with Crippen LogP contribution in [-0.4, -0.2) is 18.7 Å². The molecule has 4 heteroatoms. The van der Waals surface area contributed by atoms with E-state index in [4.69, 9.17) is 4.74 Å². The fraction of sp³-hybridized carbons (Fsp3) is 0.0769. The number of hydrogen-bond acceptors (Lipinski definition) is 4. The number of carbonyl (C=O) groups excluding carboxylic acids is 2. The van der Waals surface area contributed by atoms with Crippen LogP contribution in [-0.2, 0) is 9.59 Å². The zero-order chi connectivity index (χ0) is 12.3. The summed E-state index contributed by atoms with van der Waals surface area (Å²) in [5.41, 5.74) is 1.01. The van der Waals surface area contributed by atoms with Crippen LogP contribution in [0.15, 0.2) is 48.2 Å². The van der Waals surface area contributed by atoms with Gasteiger partial charge in [-0.1, -0.05) is 0 Å². The Labute approximate surface area is 98.6 Å². The first-order valence-corrected chi connectivity index (χ1v) is 5.08. The molecule has 1 aromatic rings. The van der Waals surface area contributed by atoms with Gasteiger partial charge in [-0.05, 0) is 36.4 Å². The molecule has 1 aliphatic rings. The van der Waals surface area contributed by atoms with Crippen LogP contribution in [0.25, 0.3) is 0 Å². The predicted molar refractivity (Wildman–Crippen MR) is 63.9 cm³/mol. The number of benzene rings is 1. The summed E-state index contributed by atoms with van der Waals surface area (Å²) in [6, 6.07) is 7.09. The second-order valence-electron chi connectivity index (χ2n) is 3.51. The molecule has 0 heterocycles. The molecule has 1 aliphatic carbocycles. The van der Waals surface area contributed by atoms with Crippen LogP contribution in [0.1, 0.15) is 0 Å². The third-order valence-corrected chi connectivity index (χ3v) is 2.32. The normalized spacial score (nSPS) is 14.5. The van der Waals surface area contributed by atoms with E-state index >= 15 is 0 Å². The van der Waals surface area contributed by atoms with Crippen molar-refractivity contribution in [1.82, 2.24) is 0 Å². The Morgan fingerprint density at radius 3 is 2.41 bits per heavy atom. The smallest absolute Gasteiger partial charge is 0.202 e. The molecule has 0 amide bonds. The molecule has 0 radical (unpaired) electrons. The Hall–Kier alpha value is -2.36. The van der Waals surface area contributed by atoms with E-state index in [1.54, 1.807) is 31.4 Å². The van der Waals surface area contributed by atoms with Crippen molar-refractivity contribution >= 4 is 17.3 Å². The molecule has 4 nitrogen and oxygen atoms in total. The van der Waals surface area contributed by atoms with Gasteiger partial charge < -0.3 is 10.1 Å². The molecule has 86 valence electrons. The van der Waals surface area contributed by atoms with E-state index in [9.17, 15) is 9.59 Å². The van der Waals surface area contributed by atoms with E-state index in [1.807, 2.05) is 0 Å². The summed E-state index contributed by atoms with van der Waals surface area (Å²) < 4.78 is 5.02. The van der Waals surface area contributed by atoms with Crippen LogP contribution in [0.2, 0.25) is 0 Å². The quantitative estimate of drug-likeness (QED) is 0.801. The second kappa shape index (κ2) is 4.65. The molecular weight excluding hydrogens is 218 g/mol. The molecule has 0 atom stereocenters. The fourth-order valence-corrected chi connectivity index (χ4v) is 1.44. The van der Waals surface area contributed by atoms with Crippen molar-refractivity contribution in [2.45, 2.75) is 0 Å². The molecule has 0 unspecified atom stereocenters. The monoisotopic (exact) mass is 229 g/mol. The van der Waals surface area contributed by atoms with Crippen molar-refractivity contribution in [3.05, 3.63) is 48.2 Å². The van der Waals surface area contributed by atoms with Gasteiger partial charge in [0, 0.05) is 11.8 Å². The molecule has 0 saturated carbocycles. The van der Waals surface area contributed by atoms with E-state index in [0.717, 1.165) is 11.4 Å².